The van der Waals surface area contributed by atoms with Gasteiger partial charge in [0.25, 0.3) is 0 Å². The van der Waals surface area contributed by atoms with E-state index in [1.807, 2.05) is 18.2 Å². The number of rotatable bonds is 9. The molecule has 3 N–H and O–H groups in total. The van der Waals surface area contributed by atoms with Gasteiger partial charge in [0, 0.05) is 19.5 Å². The minimum Gasteiger partial charge on any atom is -0.493 e. The molecular formula is C15H24N2O3. The lowest BCUT2D eigenvalue weighted by molar-refractivity contribution is -0.121. The predicted octanol–water partition coefficient (Wildman–Crippen LogP) is 1.84. The van der Waals surface area contributed by atoms with Crippen molar-refractivity contribution in [3.8, 4) is 11.5 Å². The van der Waals surface area contributed by atoms with Crippen LogP contribution in [0.1, 0.15) is 31.7 Å². The molecule has 0 heterocycles. The maximum absolute atomic E-state index is 11.4. The Morgan fingerprint density at radius 2 is 2.15 bits per heavy atom. The van der Waals surface area contributed by atoms with Gasteiger partial charge in [-0.2, -0.15) is 0 Å². The normalized spacial score (nSPS) is 10.2. The minimum atomic E-state index is -0.0465. The highest BCUT2D eigenvalue weighted by Crippen LogP contribution is 2.28. The zero-order chi connectivity index (χ0) is 14.8. The van der Waals surface area contributed by atoms with Gasteiger partial charge in [-0.1, -0.05) is 19.4 Å². The lowest BCUT2D eigenvalue weighted by atomic mass is 10.2. The van der Waals surface area contributed by atoms with E-state index in [2.05, 4.69) is 12.2 Å². The summed E-state index contributed by atoms with van der Waals surface area (Å²) in [5.74, 6) is 1.37. The zero-order valence-electron chi connectivity index (χ0n) is 12.3. The number of unbranched alkanes of at least 4 members (excludes halogenated alkanes) is 1. The first-order valence-electron chi connectivity index (χ1n) is 6.97. The Hall–Kier alpha value is -1.75. The van der Waals surface area contributed by atoms with Crippen molar-refractivity contribution in [2.24, 2.45) is 5.73 Å². The molecule has 1 rings (SSSR count). The number of carbonyl (C=O) groups is 1. The topological polar surface area (TPSA) is 73.6 Å². The van der Waals surface area contributed by atoms with Gasteiger partial charge in [0.15, 0.2) is 11.5 Å². The Morgan fingerprint density at radius 3 is 2.80 bits per heavy atom. The highest BCUT2D eigenvalue weighted by Gasteiger charge is 2.06. The quantitative estimate of drug-likeness (QED) is 0.677. The number of hydrogen-bond donors (Lipinski definition) is 2. The Balaban J connectivity index is 2.59. The number of nitrogens with two attached hydrogens (primary N) is 1. The smallest absolute Gasteiger partial charge is 0.221 e. The molecule has 0 aliphatic heterocycles. The van der Waals surface area contributed by atoms with Crippen LogP contribution in [-0.4, -0.2) is 26.2 Å². The molecular weight excluding hydrogens is 256 g/mol. The van der Waals surface area contributed by atoms with Gasteiger partial charge in [-0.25, -0.2) is 0 Å². The number of benzene rings is 1. The van der Waals surface area contributed by atoms with Gasteiger partial charge in [-0.3, -0.25) is 4.79 Å². The summed E-state index contributed by atoms with van der Waals surface area (Å²) in [7, 11) is 1.61. The minimum absolute atomic E-state index is 0.0465. The van der Waals surface area contributed by atoms with E-state index in [0.29, 0.717) is 31.9 Å². The lowest BCUT2D eigenvalue weighted by Gasteiger charge is -2.12. The van der Waals surface area contributed by atoms with Crippen LogP contribution in [0.2, 0.25) is 0 Å². The summed E-state index contributed by atoms with van der Waals surface area (Å²) in [4.78, 5) is 11.4. The monoisotopic (exact) mass is 280 g/mol. The molecule has 20 heavy (non-hydrogen) atoms. The third kappa shape index (κ3) is 5.48. The molecule has 1 amide bonds. The summed E-state index contributed by atoms with van der Waals surface area (Å²) in [6.45, 7) is 3.62. The second kappa shape index (κ2) is 9.20. The summed E-state index contributed by atoms with van der Waals surface area (Å²) >= 11 is 0. The Kier molecular flexibility index (Phi) is 7.50. The van der Waals surface area contributed by atoms with Crippen LogP contribution in [0.3, 0.4) is 0 Å². The van der Waals surface area contributed by atoms with Crippen LogP contribution < -0.4 is 20.5 Å². The fourth-order valence-electron chi connectivity index (χ4n) is 1.69. The summed E-state index contributed by atoms with van der Waals surface area (Å²) in [5.41, 5.74) is 6.29. The van der Waals surface area contributed by atoms with Gasteiger partial charge in [0.05, 0.1) is 13.7 Å². The third-order valence-electron chi connectivity index (χ3n) is 2.84. The molecule has 0 atom stereocenters. The third-order valence-corrected chi connectivity index (χ3v) is 2.84. The number of amides is 1. The Labute approximate surface area is 120 Å². The molecule has 5 nitrogen and oxygen atoms in total. The average Bonchev–Trinajstić information content (AvgIpc) is 2.46. The van der Waals surface area contributed by atoms with Crippen molar-refractivity contribution in [2.45, 2.75) is 32.7 Å². The Bertz CT molecular complexity index is 422. The molecule has 0 spiro atoms. The first kappa shape index (κ1) is 16.3. The maximum atomic E-state index is 11.4. The largest absolute Gasteiger partial charge is 0.493 e. The molecule has 0 aliphatic rings. The van der Waals surface area contributed by atoms with Crippen molar-refractivity contribution in [1.82, 2.24) is 5.32 Å². The second-order valence-corrected chi connectivity index (χ2v) is 4.50. The molecule has 1 aromatic carbocycles. The van der Waals surface area contributed by atoms with E-state index < -0.39 is 0 Å². The molecule has 0 unspecified atom stereocenters. The van der Waals surface area contributed by atoms with Gasteiger partial charge in [-0.15, -0.1) is 0 Å². The lowest BCUT2D eigenvalue weighted by Crippen LogP contribution is -2.24. The zero-order valence-corrected chi connectivity index (χ0v) is 12.3. The fraction of sp³-hybridized carbons (Fsp3) is 0.533. The summed E-state index contributed by atoms with van der Waals surface area (Å²) in [6.07, 6.45) is 2.45. The molecule has 0 radical (unpaired) electrons. The molecule has 0 aliphatic carbocycles. The van der Waals surface area contributed by atoms with E-state index >= 15 is 0 Å². The van der Waals surface area contributed by atoms with Crippen molar-refractivity contribution < 1.29 is 14.3 Å². The molecule has 0 saturated carbocycles. The summed E-state index contributed by atoms with van der Waals surface area (Å²) in [6, 6.07) is 5.68. The number of hydrogen-bond acceptors (Lipinski definition) is 4. The number of methoxy groups -OCH3 is 1. The van der Waals surface area contributed by atoms with Gasteiger partial charge in [0.2, 0.25) is 5.91 Å². The van der Waals surface area contributed by atoms with E-state index in [1.54, 1.807) is 7.11 Å². The summed E-state index contributed by atoms with van der Waals surface area (Å²) < 4.78 is 11.0. The number of carbonyl (C=O) groups excluding carboxylic acids is 1. The van der Waals surface area contributed by atoms with Crippen molar-refractivity contribution in [1.29, 1.82) is 0 Å². The highest BCUT2D eigenvalue weighted by atomic mass is 16.5. The van der Waals surface area contributed by atoms with Crippen LogP contribution in [0.4, 0.5) is 0 Å². The second-order valence-electron chi connectivity index (χ2n) is 4.50. The van der Waals surface area contributed by atoms with Crippen molar-refractivity contribution in [3.63, 3.8) is 0 Å². The van der Waals surface area contributed by atoms with Crippen LogP contribution in [0.5, 0.6) is 11.5 Å². The summed E-state index contributed by atoms with van der Waals surface area (Å²) in [5, 5.41) is 2.81. The molecule has 0 bridgehead atoms. The SMILES string of the molecule is CCCCOc1ccc(CNC(=O)CCN)cc1OC. The van der Waals surface area contributed by atoms with E-state index in [9.17, 15) is 4.79 Å². The van der Waals surface area contributed by atoms with Gasteiger partial charge >= 0.3 is 0 Å². The predicted molar refractivity (Wildman–Crippen MR) is 78.9 cm³/mol. The Morgan fingerprint density at radius 1 is 1.35 bits per heavy atom. The first-order valence-corrected chi connectivity index (χ1v) is 6.97. The van der Waals surface area contributed by atoms with Crippen LogP contribution >= 0.6 is 0 Å². The van der Waals surface area contributed by atoms with Crippen molar-refractivity contribution in [2.75, 3.05) is 20.3 Å². The van der Waals surface area contributed by atoms with Crippen molar-refractivity contribution >= 4 is 5.91 Å². The molecule has 5 heteroatoms. The van der Waals surface area contributed by atoms with Gasteiger partial charge < -0.3 is 20.5 Å². The van der Waals surface area contributed by atoms with Gasteiger partial charge in [0.1, 0.15) is 0 Å². The van der Waals surface area contributed by atoms with Crippen LogP contribution in [-0.2, 0) is 11.3 Å². The maximum Gasteiger partial charge on any atom is 0.221 e. The van der Waals surface area contributed by atoms with Crippen LogP contribution in [0.25, 0.3) is 0 Å². The molecule has 1 aromatic rings. The highest BCUT2D eigenvalue weighted by molar-refractivity contribution is 5.76. The fourth-order valence-corrected chi connectivity index (χ4v) is 1.69. The van der Waals surface area contributed by atoms with E-state index in [4.69, 9.17) is 15.2 Å². The van der Waals surface area contributed by atoms with E-state index in [1.165, 1.54) is 0 Å². The van der Waals surface area contributed by atoms with Crippen LogP contribution in [0.15, 0.2) is 18.2 Å². The molecule has 0 saturated heterocycles. The van der Waals surface area contributed by atoms with E-state index in [0.717, 1.165) is 24.2 Å². The van der Waals surface area contributed by atoms with E-state index in [-0.39, 0.29) is 5.91 Å². The first-order chi connectivity index (χ1) is 9.71. The van der Waals surface area contributed by atoms with Crippen LogP contribution in [0, 0.1) is 0 Å². The van der Waals surface area contributed by atoms with Gasteiger partial charge in [-0.05, 0) is 24.1 Å². The number of nitrogens with one attached hydrogen (secondary N) is 1. The van der Waals surface area contributed by atoms with Crippen molar-refractivity contribution in [3.05, 3.63) is 23.8 Å². The standard InChI is InChI=1S/C15H24N2O3/c1-3-4-9-20-13-6-5-12(10-14(13)19-2)11-17-15(18)7-8-16/h5-6,10H,3-4,7-9,11,16H2,1-2H3,(H,17,18). The molecule has 0 fully saturated rings. The molecule has 112 valence electrons. The average molecular weight is 280 g/mol. The molecule has 0 aromatic heterocycles. The number of ether oxygens (including phenoxy) is 2.